The van der Waals surface area contributed by atoms with Crippen LogP contribution in [0.1, 0.15) is 18.5 Å². The number of hydrogen-bond acceptors (Lipinski definition) is 3. The van der Waals surface area contributed by atoms with Gasteiger partial charge in [-0.15, -0.1) is 0 Å². The third-order valence-electron chi connectivity index (χ3n) is 3.11. The van der Waals surface area contributed by atoms with Crippen molar-refractivity contribution in [3.8, 4) is 0 Å². The summed E-state index contributed by atoms with van der Waals surface area (Å²) in [6.45, 7) is 1.90. The Hall–Kier alpha value is -1.59. The first-order chi connectivity index (χ1) is 9.77. The molecule has 21 heavy (non-hydrogen) atoms. The quantitative estimate of drug-likeness (QED) is 0.921. The van der Waals surface area contributed by atoms with Crippen molar-refractivity contribution in [2.24, 2.45) is 0 Å². The lowest BCUT2D eigenvalue weighted by Crippen LogP contribution is -2.07. The van der Waals surface area contributed by atoms with Gasteiger partial charge in [-0.2, -0.15) is 0 Å². The van der Waals surface area contributed by atoms with Crippen molar-refractivity contribution in [2.45, 2.75) is 17.9 Å². The number of nitrogens with one attached hydrogen (secondary N) is 1. The maximum absolute atomic E-state index is 13.4. The van der Waals surface area contributed by atoms with Crippen molar-refractivity contribution < 1.29 is 12.8 Å². The Kier molecular flexibility index (Phi) is 4.54. The molecule has 2 aromatic rings. The van der Waals surface area contributed by atoms with Crippen LogP contribution in [0.4, 0.5) is 10.1 Å². The van der Waals surface area contributed by atoms with Crippen LogP contribution >= 0.6 is 11.6 Å². The fourth-order valence-electron chi connectivity index (χ4n) is 1.92. The van der Waals surface area contributed by atoms with E-state index in [1.807, 2.05) is 6.92 Å². The van der Waals surface area contributed by atoms with Gasteiger partial charge < -0.3 is 5.32 Å². The SMILES string of the molecule is CC(Nc1ccc(Cl)c(F)c1)c1ccc(S(C)(=O)=O)cc1. The van der Waals surface area contributed by atoms with Gasteiger partial charge in [0.1, 0.15) is 5.82 Å². The second kappa shape index (κ2) is 6.03. The minimum atomic E-state index is -3.20. The van der Waals surface area contributed by atoms with Crippen LogP contribution in [-0.2, 0) is 9.84 Å². The Morgan fingerprint density at radius 3 is 2.29 bits per heavy atom. The average Bonchev–Trinajstić information content (AvgIpc) is 2.42. The molecule has 0 saturated heterocycles. The molecular weight excluding hydrogens is 313 g/mol. The Morgan fingerprint density at radius 2 is 1.76 bits per heavy atom. The summed E-state index contributed by atoms with van der Waals surface area (Å²) >= 11 is 5.63. The summed E-state index contributed by atoms with van der Waals surface area (Å²) in [6.07, 6.45) is 1.17. The van der Waals surface area contributed by atoms with E-state index < -0.39 is 15.7 Å². The maximum Gasteiger partial charge on any atom is 0.175 e. The summed E-state index contributed by atoms with van der Waals surface area (Å²) in [7, 11) is -3.20. The Morgan fingerprint density at radius 1 is 1.14 bits per heavy atom. The van der Waals surface area contributed by atoms with Crippen LogP contribution in [0.15, 0.2) is 47.4 Å². The Balaban J connectivity index is 2.16. The molecule has 0 aliphatic carbocycles. The fourth-order valence-corrected chi connectivity index (χ4v) is 2.67. The van der Waals surface area contributed by atoms with Gasteiger partial charge in [-0.1, -0.05) is 23.7 Å². The highest BCUT2D eigenvalue weighted by Crippen LogP contribution is 2.24. The lowest BCUT2D eigenvalue weighted by Gasteiger charge is -2.16. The van der Waals surface area contributed by atoms with Gasteiger partial charge in [-0.25, -0.2) is 12.8 Å². The van der Waals surface area contributed by atoms with Gasteiger partial charge in [-0.05, 0) is 42.8 Å². The highest BCUT2D eigenvalue weighted by Gasteiger charge is 2.10. The molecule has 1 N–H and O–H groups in total. The van der Waals surface area contributed by atoms with Crippen LogP contribution in [0.2, 0.25) is 5.02 Å². The summed E-state index contributed by atoms with van der Waals surface area (Å²) in [4.78, 5) is 0.274. The van der Waals surface area contributed by atoms with Crippen molar-refractivity contribution >= 4 is 27.1 Å². The number of anilines is 1. The van der Waals surface area contributed by atoms with E-state index >= 15 is 0 Å². The van der Waals surface area contributed by atoms with E-state index in [0.717, 1.165) is 5.56 Å². The van der Waals surface area contributed by atoms with Crippen LogP contribution in [0.5, 0.6) is 0 Å². The molecule has 0 amide bonds. The molecule has 1 unspecified atom stereocenters. The Bertz CT molecular complexity index is 745. The molecular formula is C15H15ClFNO2S. The molecule has 0 aliphatic rings. The zero-order valence-electron chi connectivity index (χ0n) is 11.6. The van der Waals surface area contributed by atoms with Crippen LogP contribution in [0.3, 0.4) is 0 Å². The minimum Gasteiger partial charge on any atom is -0.378 e. The standard InChI is InChI=1S/C15H15ClFNO2S/c1-10(18-12-5-8-14(16)15(17)9-12)11-3-6-13(7-4-11)21(2,19)20/h3-10,18H,1-2H3. The van der Waals surface area contributed by atoms with E-state index in [4.69, 9.17) is 11.6 Å². The Labute approximate surface area is 128 Å². The lowest BCUT2D eigenvalue weighted by molar-refractivity contribution is 0.602. The second-order valence-corrected chi connectivity index (χ2v) is 7.26. The zero-order valence-corrected chi connectivity index (χ0v) is 13.2. The molecule has 6 heteroatoms. The lowest BCUT2D eigenvalue weighted by atomic mass is 10.1. The highest BCUT2D eigenvalue weighted by atomic mass is 35.5. The van der Waals surface area contributed by atoms with Gasteiger partial charge in [0, 0.05) is 18.0 Å². The number of hydrogen-bond donors (Lipinski definition) is 1. The van der Waals surface area contributed by atoms with E-state index in [-0.39, 0.29) is 16.0 Å². The predicted molar refractivity (Wildman–Crippen MR) is 83.0 cm³/mol. The monoisotopic (exact) mass is 327 g/mol. The molecule has 0 fully saturated rings. The molecule has 0 spiro atoms. The molecule has 0 aromatic heterocycles. The van der Waals surface area contributed by atoms with E-state index in [1.165, 1.54) is 18.4 Å². The normalized spacial score (nSPS) is 13.0. The van der Waals surface area contributed by atoms with Crippen LogP contribution in [-0.4, -0.2) is 14.7 Å². The smallest absolute Gasteiger partial charge is 0.175 e. The first-order valence-corrected chi connectivity index (χ1v) is 8.56. The second-order valence-electron chi connectivity index (χ2n) is 4.84. The van der Waals surface area contributed by atoms with Crippen molar-refractivity contribution in [1.29, 1.82) is 0 Å². The van der Waals surface area contributed by atoms with Crippen LogP contribution in [0, 0.1) is 5.82 Å². The van der Waals surface area contributed by atoms with Gasteiger partial charge in [0.15, 0.2) is 9.84 Å². The summed E-state index contributed by atoms with van der Waals surface area (Å²) < 4.78 is 36.2. The van der Waals surface area contributed by atoms with Crippen molar-refractivity contribution in [3.63, 3.8) is 0 Å². The zero-order chi connectivity index (χ0) is 15.6. The van der Waals surface area contributed by atoms with E-state index in [9.17, 15) is 12.8 Å². The molecule has 2 rings (SSSR count). The summed E-state index contributed by atoms with van der Waals surface area (Å²) in [5.41, 5.74) is 1.51. The van der Waals surface area contributed by atoms with Gasteiger partial charge in [0.2, 0.25) is 0 Å². The van der Waals surface area contributed by atoms with Crippen LogP contribution in [0.25, 0.3) is 0 Å². The largest absolute Gasteiger partial charge is 0.378 e. The highest BCUT2D eigenvalue weighted by molar-refractivity contribution is 7.90. The van der Waals surface area contributed by atoms with E-state index in [0.29, 0.717) is 5.69 Å². The first kappa shape index (κ1) is 15.8. The molecule has 112 valence electrons. The van der Waals surface area contributed by atoms with Crippen molar-refractivity contribution in [3.05, 3.63) is 58.9 Å². The van der Waals surface area contributed by atoms with E-state index in [2.05, 4.69) is 5.32 Å². The molecule has 0 aliphatic heterocycles. The maximum atomic E-state index is 13.4. The summed E-state index contributed by atoms with van der Waals surface area (Å²) in [5.74, 6) is -0.485. The fraction of sp³-hybridized carbons (Fsp3) is 0.200. The molecule has 2 aromatic carbocycles. The van der Waals surface area contributed by atoms with E-state index in [1.54, 1.807) is 30.3 Å². The summed E-state index contributed by atoms with van der Waals surface area (Å²) in [6, 6.07) is 11.0. The topological polar surface area (TPSA) is 46.2 Å². The number of halogens is 2. The molecule has 0 saturated carbocycles. The van der Waals surface area contributed by atoms with Gasteiger partial charge in [0.05, 0.1) is 9.92 Å². The molecule has 0 bridgehead atoms. The number of benzene rings is 2. The predicted octanol–water partition coefficient (Wildman–Crippen LogP) is 4.06. The van der Waals surface area contributed by atoms with Gasteiger partial charge in [-0.3, -0.25) is 0 Å². The summed E-state index contributed by atoms with van der Waals surface area (Å²) in [5, 5.41) is 3.21. The molecule has 0 heterocycles. The van der Waals surface area contributed by atoms with Crippen molar-refractivity contribution in [1.82, 2.24) is 0 Å². The average molecular weight is 328 g/mol. The van der Waals surface area contributed by atoms with Crippen LogP contribution < -0.4 is 5.32 Å². The molecule has 0 radical (unpaired) electrons. The third-order valence-corrected chi connectivity index (χ3v) is 4.55. The van der Waals surface area contributed by atoms with Gasteiger partial charge in [0.25, 0.3) is 0 Å². The molecule has 3 nitrogen and oxygen atoms in total. The van der Waals surface area contributed by atoms with Crippen molar-refractivity contribution in [2.75, 3.05) is 11.6 Å². The first-order valence-electron chi connectivity index (χ1n) is 6.29. The minimum absolute atomic E-state index is 0.0747. The third kappa shape index (κ3) is 3.95. The van der Waals surface area contributed by atoms with Gasteiger partial charge >= 0.3 is 0 Å². The molecule has 1 atom stereocenters. The number of rotatable bonds is 4. The number of sulfone groups is 1.